The molecule has 108 valence electrons. The number of alkyl halides is 3. The molecule has 0 saturated heterocycles. The van der Waals surface area contributed by atoms with Crippen LogP contribution >= 0.6 is 22.7 Å². The van der Waals surface area contributed by atoms with Crippen LogP contribution in [0.15, 0.2) is 5.51 Å². The van der Waals surface area contributed by atoms with Crippen LogP contribution < -0.4 is 5.32 Å². The first kappa shape index (κ1) is 14.8. The second-order valence-corrected chi connectivity index (χ2v) is 5.33. The molecule has 2 aromatic rings. The summed E-state index contributed by atoms with van der Waals surface area (Å²) in [5.74, 6) is -0.917. The third kappa shape index (κ3) is 3.29. The normalized spacial score (nSPS) is 11.6. The van der Waals surface area contributed by atoms with Crippen molar-refractivity contribution in [1.82, 2.24) is 15.2 Å². The van der Waals surface area contributed by atoms with E-state index in [2.05, 4.69) is 20.5 Å². The molecule has 0 aliphatic heterocycles. The average Bonchev–Trinajstić information content (AvgIpc) is 2.97. The predicted octanol–water partition coefficient (Wildman–Crippen LogP) is 2.41. The zero-order valence-corrected chi connectivity index (χ0v) is 11.5. The van der Waals surface area contributed by atoms with Crippen molar-refractivity contribution in [1.29, 1.82) is 0 Å². The molecule has 0 bridgehead atoms. The molecule has 0 fully saturated rings. The van der Waals surface area contributed by atoms with Gasteiger partial charge >= 0.3 is 6.18 Å². The highest BCUT2D eigenvalue weighted by Gasteiger charge is 2.38. The summed E-state index contributed by atoms with van der Waals surface area (Å²) in [6.07, 6.45) is -4.67. The molecule has 2 aromatic heterocycles. The van der Waals surface area contributed by atoms with Gasteiger partial charge in [0.2, 0.25) is 5.13 Å². The molecule has 0 aliphatic rings. The monoisotopic (exact) mass is 324 g/mol. The Balaban J connectivity index is 2.14. The first-order valence-corrected chi connectivity index (χ1v) is 6.74. The van der Waals surface area contributed by atoms with Gasteiger partial charge in [-0.25, -0.2) is 4.98 Å². The van der Waals surface area contributed by atoms with Gasteiger partial charge in [-0.2, -0.15) is 13.2 Å². The number of rotatable bonds is 4. The zero-order valence-electron chi connectivity index (χ0n) is 9.89. The predicted molar refractivity (Wildman–Crippen MR) is 65.7 cm³/mol. The van der Waals surface area contributed by atoms with E-state index in [1.807, 2.05) is 0 Å². The Labute approximate surface area is 118 Å². The summed E-state index contributed by atoms with van der Waals surface area (Å²) in [5, 5.41) is 10.2. The van der Waals surface area contributed by atoms with E-state index in [1.54, 1.807) is 0 Å². The Kier molecular flexibility index (Phi) is 4.30. The fraction of sp³-hybridized carbons (Fsp3) is 0.333. The summed E-state index contributed by atoms with van der Waals surface area (Å²) in [6, 6.07) is 0. The number of methoxy groups -OCH3 is 1. The summed E-state index contributed by atoms with van der Waals surface area (Å²) in [7, 11) is 1.46. The van der Waals surface area contributed by atoms with E-state index in [0.717, 1.165) is 16.8 Å². The number of halogens is 3. The van der Waals surface area contributed by atoms with Gasteiger partial charge in [-0.15, -0.1) is 21.5 Å². The molecule has 20 heavy (non-hydrogen) atoms. The standard InChI is InChI=1S/C9H7F3N4O2S2/c1-18-2-4-15-16-8(20-4)14-7(17)5-6(9(10,11)12)13-3-19-5/h3H,2H2,1H3,(H,14,16,17). The summed E-state index contributed by atoms with van der Waals surface area (Å²) >= 11 is 1.63. The van der Waals surface area contributed by atoms with Gasteiger partial charge in [-0.05, 0) is 0 Å². The highest BCUT2D eigenvalue weighted by Crippen LogP contribution is 2.33. The fourth-order valence-electron chi connectivity index (χ4n) is 1.25. The highest BCUT2D eigenvalue weighted by molar-refractivity contribution is 7.15. The molecule has 0 atom stereocenters. The van der Waals surface area contributed by atoms with Crippen molar-refractivity contribution < 1.29 is 22.7 Å². The largest absolute Gasteiger partial charge is 0.434 e. The van der Waals surface area contributed by atoms with Crippen LogP contribution in [0.1, 0.15) is 20.4 Å². The van der Waals surface area contributed by atoms with E-state index in [-0.39, 0.29) is 11.7 Å². The Bertz CT molecular complexity index is 610. The van der Waals surface area contributed by atoms with Crippen molar-refractivity contribution in [2.75, 3.05) is 12.4 Å². The lowest BCUT2D eigenvalue weighted by molar-refractivity contribution is -0.141. The molecule has 2 rings (SSSR count). The number of hydrogen-bond acceptors (Lipinski definition) is 7. The maximum Gasteiger partial charge on any atom is 0.434 e. The number of ether oxygens (including phenoxy) is 1. The van der Waals surface area contributed by atoms with E-state index in [1.165, 1.54) is 7.11 Å². The van der Waals surface area contributed by atoms with Crippen LogP contribution in [0.4, 0.5) is 18.3 Å². The number of nitrogens with one attached hydrogen (secondary N) is 1. The third-order valence-electron chi connectivity index (χ3n) is 2.00. The van der Waals surface area contributed by atoms with Crippen LogP contribution in [0.5, 0.6) is 0 Å². The molecule has 6 nitrogen and oxygen atoms in total. The van der Waals surface area contributed by atoms with E-state index in [4.69, 9.17) is 4.74 Å². The molecule has 0 unspecified atom stereocenters. The summed E-state index contributed by atoms with van der Waals surface area (Å²) < 4.78 is 42.6. The second-order valence-electron chi connectivity index (χ2n) is 3.42. The van der Waals surface area contributed by atoms with Crippen LogP contribution in [-0.4, -0.2) is 28.2 Å². The van der Waals surface area contributed by atoms with Gasteiger partial charge < -0.3 is 4.74 Å². The number of aromatic nitrogens is 3. The van der Waals surface area contributed by atoms with Gasteiger partial charge in [0.05, 0.1) is 5.51 Å². The average molecular weight is 324 g/mol. The van der Waals surface area contributed by atoms with Crippen LogP contribution in [0, 0.1) is 0 Å². The van der Waals surface area contributed by atoms with Crippen molar-refractivity contribution in [3.05, 3.63) is 21.1 Å². The number of anilines is 1. The van der Waals surface area contributed by atoms with Gasteiger partial charge in [0.25, 0.3) is 5.91 Å². The molecule has 1 N–H and O–H groups in total. The van der Waals surface area contributed by atoms with Crippen molar-refractivity contribution in [3.63, 3.8) is 0 Å². The third-order valence-corrected chi connectivity index (χ3v) is 3.63. The molecular formula is C9H7F3N4O2S2. The van der Waals surface area contributed by atoms with Crippen LogP contribution in [0.25, 0.3) is 0 Å². The maximum absolute atomic E-state index is 12.6. The van der Waals surface area contributed by atoms with Gasteiger partial charge in [0, 0.05) is 7.11 Å². The minimum atomic E-state index is -4.67. The van der Waals surface area contributed by atoms with Crippen molar-refractivity contribution in [3.8, 4) is 0 Å². The fourth-order valence-corrected chi connectivity index (χ4v) is 2.66. The highest BCUT2D eigenvalue weighted by atomic mass is 32.1. The van der Waals surface area contributed by atoms with Gasteiger partial charge in [0.15, 0.2) is 5.69 Å². The molecule has 0 saturated carbocycles. The Morgan fingerprint density at radius 2 is 2.20 bits per heavy atom. The molecule has 0 spiro atoms. The van der Waals surface area contributed by atoms with Gasteiger partial charge in [-0.3, -0.25) is 10.1 Å². The Hall–Kier alpha value is -1.59. The minimum Gasteiger partial charge on any atom is -0.377 e. The number of carbonyl (C=O) groups excluding carboxylic acids is 1. The lowest BCUT2D eigenvalue weighted by atomic mass is 10.3. The first-order chi connectivity index (χ1) is 9.41. The van der Waals surface area contributed by atoms with Crippen molar-refractivity contribution in [2.45, 2.75) is 12.8 Å². The molecule has 0 radical (unpaired) electrons. The summed E-state index contributed by atoms with van der Waals surface area (Å²) in [6.45, 7) is 0.210. The van der Waals surface area contributed by atoms with E-state index in [0.29, 0.717) is 16.3 Å². The number of thiazole rings is 1. The zero-order chi connectivity index (χ0) is 14.8. The quantitative estimate of drug-likeness (QED) is 0.934. The van der Waals surface area contributed by atoms with E-state index in [9.17, 15) is 18.0 Å². The van der Waals surface area contributed by atoms with Crippen LogP contribution in [-0.2, 0) is 17.5 Å². The molecule has 2 heterocycles. The van der Waals surface area contributed by atoms with E-state index >= 15 is 0 Å². The maximum atomic E-state index is 12.6. The number of amides is 1. The SMILES string of the molecule is COCc1nnc(NC(=O)c2scnc2C(F)(F)F)s1. The topological polar surface area (TPSA) is 77.0 Å². The molecule has 1 amide bonds. The molecule has 0 aliphatic carbocycles. The lowest BCUT2D eigenvalue weighted by Gasteiger charge is -2.05. The number of carbonyl (C=O) groups is 1. The number of nitrogens with zero attached hydrogens (tertiary/aromatic N) is 3. The smallest absolute Gasteiger partial charge is 0.377 e. The lowest BCUT2D eigenvalue weighted by Crippen LogP contribution is -2.17. The molecule has 0 aromatic carbocycles. The Morgan fingerprint density at radius 1 is 1.45 bits per heavy atom. The Morgan fingerprint density at radius 3 is 2.85 bits per heavy atom. The van der Waals surface area contributed by atoms with Crippen LogP contribution in [0.2, 0.25) is 0 Å². The summed E-state index contributed by atoms with van der Waals surface area (Å²) in [4.78, 5) is 14.4. The van der Waals surface area contributed by atoms with Gasteiger partial charge in [0.1, 0.15) is 16.5 Å². The molecular weight excluding hydrogens is 317 g/mol. The first-order valence-electron chi connectivity index (χ1n) is 5.05. The van der Waals surface area contributed by atoms with Crippen molar-refractivity contribution in [2.24, 2.45) is 0 Å². The molecule has 11 heteroatoms. The van der Waals surface area contributed by atoms with Crippen LogP contribution in [0.3, 0.4) is 0 Å². The van der Waals surface area contributed by atoms with Gasteiger partial charge in [-0.1, -0.05) is 11.3 Å². The summed E-state index contributed by atoms with van der Waals surface area (Å²) in [5.41, 5.74) is -0.240. The second kappa shape index (κ2) is 5.81. The number of hydrogen-bond donors (Lipinski definition) is 1. The van der Waals surface area contributed by atoms with E-state index < -0.39 is 22.7 Å². The minimum absolute atomic E-state index is 0.101. The van der Waals surface area contributed by atoms with Crippen molar-refractivity contribution >= 4 is 33.7 Å².